The van der Waals surface area contributed by atoms with Crippen LogP contribution >= 0.6 is 0 Å². The first-order chi connectivity index (χ1) is 8.33. The van der Waals surface area contributed by atoms with Crippen LogP contribution in [0, 0.1) is 5.82 Å². The molecule has 0 aliphatic carbocycles. The average Bonchev–Trinajstić information content (AvgIpc) is 2.35. The third-order valence-electron chi connectivity index (χ3n) is 2.95. The van der Waals surface area contributed by atoms with Crippen LogP contribution in [0.2, 0.25) is 0 Å². The van der Waals surface area contributed by atoms with Gasteiger partial charge in [-0.25, -0.2) is 4.39 Å². The van der Waals surface area contributed by atoms with Crippen molar-refractivity contribution in [2.24, 2.45) is 0 Å². The Hall–Kier alpha value is -0.890. The Bertz CT molecular complexity index is 281. The van der Waals surface area contributed by atoms with Crippen molar-refractivity contribution in [3.63, 3.8) is 0 Å². The van der Waals surface area contributed by atoms with E-state index in [9.17, 15) is 4.39 Å². The second kappa shape index (κ2) is 9.17. The van der Waals surface area contributed by atoms with Gasteiger partial charge < -0.3 is 5.32 Å². The Balaban J connectivity index is 1.95. The maximum atomic E-state index is 12.7. The van der Waals surface area contributed by atoms with Gasteiger partial charge in [0.2, 0.25) is 0 Å². The maximum absolute atomic E-state index is 12.7. The van der Waals surface area contributed by atoms with Crippen molar-refractivity contribution < 1.29 is 4.39 Å². The zero-order valence-electron chi connectivity index (χ0n) is 10.8. The molecule has 1 rings (SSSR count). The molecule has 0 atom stereocenters. The van der Waals surface area contributed by atoms with E-state index in [4.69, 9.17) is 0 Å². The van der Waals surface area contributed by atoms with Crippen LogP contribution in [-0.2, 0) is 6.54 Å². The van der Waals surface area contributed by atoms with Crippen LogP contribution in [0.3, 0.4) is 0 Å². The number of unbranched alkanes of at least 4 members (excludes halogenated alkanes) is 5. The summed E-state index contributed by atoms with van der Waals surface area (Å²) in [6, 6.07) is 6.71. The van der Waals surface area contributed by atoms with Gasteiger partial charge in [-0.1, -0.05) is 51.2 Å². The normalized spacial score (nSPS) is 10.7. The zero-order chi connectivity index (χ0) is 12.3. The Morgan fingerprint density at radius 3 is 2.29 bits per heavy atom. The molecule has 1 aromatic carbocycles. The lowest BCUT2D eigenvalue weighted by atomic mass is 10.1. The average molecular weight is 237 g/mol. The summed E-state index contributed by atoms with van der Waals surface area (Å²) in [5, 5.41) is 3.39. The summed E-state index contributed by atoms with van der Waals surface area (Å²) in [5.74, 6) is -0.162. The van der Waals surface area contributed by atoms with E-state index in [2.05, 4.69) is 12.2 Å². The quantitative estimate of drug-likeness (QED) is 0.632. The lowest BCUT2D eigenvalue weighted by molar-refractivity contribution is 0.571. The molecular weight excluding hydrogens is 213 g/mol. The molecule has 2 heteroatoms. The van der Waals surface area contributed by atoms with E-state index in [1.807, 2.05) is 12.1 Å². The fourth-order valence-electron chi connectivity index (χ4n) is 1.87. The van der Waals surface area contributed by atoms with E-state index < -0.39 is 0 Å². The van der Waals surface area contributed by atoms with E-state index in [0.29, 0.717) is 0 Å². The summed E-state index contributed by atoms with van der Waals surface area (Å²) >= 11 is 0. The van der Waals surface area contributed by atoms with Gasteiger partial charge in [0.25, 0.3) is 0 Å². The Morgan fingerprint density at radius 2 is 1.59 bits per heavy atom. The molecule has 0 unspecified atom stereocenters. The van der Waals surface area contributed by atoms with Crippen LogP contribution in [0.4, 0.5) is 4.39 Å². The predicted molar refractivity (Wildman–Crippen MR) is 71.5 cm³/mol. The first-order valence-electron chi connectivity index (χ1n) is 6.78. The summed E-state index contributed by atoms with van der Waals surface area (Å²) in [7, 11) is 0. The van der Waals surface area contributed by atoms with Gasteiger partial charge in [0, 0.05) is 6.54 Å². The first-order valence-corrected chi connectivity index (χ1v) is 6.78. The van der Waals surface area contributed by atoms with Crippen LogP contribution in [-0.4, -0.2) is 6.54 Å². The highest BCUT2D eigenvalue weighted by Crippen LogP contribution is 2.05. The van der Waals surface area contributed by atoms with E-state index in [0.717, 1.165) is 18.7 Å². The van der Waals surface area contributed by atoms with Crippen molar-refractivity contribution >= 4 is 0 Å². The fourth-order valence-corrected chi connectivity index (χ4v) is 1.87. The minimum absolute atomic E-state index is 0.162. The second-order valence-corrected chi connectivity index (χ2v) is 4.57. The van der Waals surface area contributed by atoms with Gasteiger partial charge >= 0.3 is 0 Å². The van der Waals surface area contributed by atoms with Crippen LogP contribution in [0.15, 0.2) is 24.3 Å². The van der Waals surface area contributed by atoms with Crippen LogP contribution in [0.5, 0.6) is 0 Å². The molecule has 0 aliphatic heterocycles. The van der Waals surface area contributed by atoms with E-state index >= 15 is 0 Å². The lowest BCUT2D eigenvalue weighted by Crippen LogP contribution is -2.14. The minimum Gasteiger partial charge on any atom is -0.313 e. The van der Waals surface area contributed by atoms with Gasteiger partial charge in [-0.15, -0.1) is 0 Å². The maximum Gasteiger partial charge on any atom is 0.123 e. The van der Waals surface area contributed by atoms with Gasteiger partial charge in [-0.05, 0) is 30.7 Å². The molecule has 1 nitrogen and oxygen atoms in total. The summed E-state index contributed by atoms with van der Waals surface area (Å²) in [5.41, 5.74) is 1.15. The number of halogens is 1. The molecule has 0 aromatic heterocycles. The standard InChI is InChI=1S/C15H24FN/c1-2-3-4-5-6-7-12-17-13-14-8-10-15(16)11-9-14/h8-11,17H,2-7,12-13H2,1H3. The number of hydrogen-bond acceptors (Lipinski definition) is 1. The van der Waals surface area contributed by atoms with E-state index in [-0.39, 0.29) is 5.82 Å². The summed E-state index contributed by atoms with van der Waals surface area (Å²) in [6.45, 7) is 4.14. The molecule has 0 spiro atoms. The second-order valence-electron chi connectivity index (χ2n) is 4.57. The molecule has 0 radical (unpaired) electrons. The number of nitrogens with one attached hydrogen (secondary N) is 1. The van der Waals surface area contributed by atoms with Gasteiger partial charge in [0.1, 0.15) is 5.82 Å². The van der Waals surface area contributed by atoms with Crippen molar-refractivity contribution in [3.05, 3.63) is 35.6 Å². The fraction of sp³-hybridized carbons (Fsp3) is 0.600. The van der Waals surface area contributed by atoms with Crippen molar-refractivity contribution in [3.8, 4) is 0 Å². The molecule has 0 fully saturated rings. The molecule has 0 amide bonds. The van der Waals surface area contributed by atoms with Crippen LogP contribution in [0.1, 0.15) is 51.0 Å². The highest BCUT2D eigenvalue weighted by molar-refractivity contribution is 5.15. The summed E-state index contributed by atoms with van der Waals surface area (Å²) in [4.78, 5) is 0. The molecule has 1 N–H and O–H groups in total. The molecule has 0 aliphatic rings. The number of hydrogen-bond donors (Lipinski definition) is 1. The van der Waals surface area contributed by atoms with Crippen molar-refractivity contribution in [1.82, 2.24) is 5.32 Å². The molecule has 17 heavy (non-hydrogen) atoms. The highest BCUT2D eigenvalue weighted by Gasteiger charge is 1.94. The number of benzene rings is 1. The minimum atomic E-state index is -0.162. The van der Waals surface area contributed by atoms with Gasteiger partial charge in [-0.3, -0.25) is 0 Å². The van der Waals surface area contributed by atoms with Crippen molar-refractivity contribution in [2.75, 3.05) is 6.54 Å². The molecule has 96 valence electrons. The Labute approximate surface area is 104 Å². The number of rotatable bonds is 9. The van der Waals surface area contributed by atoms with Gasteiger partial charge in [0.05, 0.1) is 0 Å². The monoisotopic (exact) mass is 237 g/mol. The molecular formula is C15H24FN. The molecule has 0 bridgehead atoms. The largest absolute Gasteiger partial charge is 0.313 e. The smallest absolute Gasteiger partial charge is 0.123 e. The highest BCUT2D eigenvalue weighted by atomic mass is 19.1. The summed E-state index contributed by atoms with van der Waals surface area (Å²) in [6.07, 6.45) is 7.95. The topological polar surface area (TPSA) is 12.0 Å². The third kappa shape index (κ3) is 7.11. The zero-order valence-corrected chi connectivity index (χ0v) is 10.8. The molecule has 0 saturated heterocycles. The SMILES string of the molecule is CCCCCCCCNCc1ccc(F)cc1. The third-order valence-corrected chi connectivity index (χ3v) is 2.95. The first kappa shape index (κ1) is 14.2. The molecule has 1 aromatic rings. The van der Waals surface area contributed by atoms with Gasteiger partial charge in [0.15, 0.2) is 0 Å². The van der Waals surface area contributed by atoms with E-state index in [1.165, 1.54) is 50.7 Å². The lowest BCUT2D eigenvalue weighted by Gasteiger charge is -2.05. The Kier molecular flexibility index (Phi) is 7.65. The van der Waals surface area contributed by atoms with E-state index in [1.54, 1.807) is 0 Å². The molecule has 0 saturated carbocycles. The van der Waals surface area contributed by atoms with Crippen LogP contribution in [0.25, 0.3) is 0 Å². The van der Waals surface area contributed by atoms with Crippen LogP contribution < -0.4 is 5.32 Å². The van der Waals surface area contributed by atoms with Gasteiger partial charge in [-0.2, -0.15) is 0 Å². The van der Waals surface area contributed by atoms with Crippen molar-refractivity contribution in [2.45, 2.75) is 52.0 Å². The Morgan fingerprint density at radius 1 is 0.941 bits per heavy atom. The summed E-state index contributed by atoms with van der Waals surface area (Å²) < 4.78 is 12.7. The van der Waals surface area contributed by atoms with Crippen molar-refractivity contribution in [1.29, 1.82) is 0 Å². The predicted octanol–water partition coefficient (Wildman–Crippen LogP) is 4.28. The molecule has 0 heterocycles.